The molecular weight excluding hydrogens is 255 g/mol. The summed E-state index contributed by atoms with van der Waals surface area (Å²) in [5.41, 5.74) is 1.28. The van der Waals surface area contributed by atoms with Gasteiger partial charge in [-0.05, 0) is 30.7 Å². The van der Waals surface area contributed by atoms with Crippen molar-refractivity contribution in [1.29, 1.82) is 0 Å². The molecule has 2 aromatic rings. The number of ether oxygens (including phenoxy) is 1. The van der Waals surface area contributed by atoms with E-state index in [4.69, 9.17) is 16.3 Å². The van der Waals surface area contributed by atoms with E-state index in [9.17, 15) is 9.18 Å². The quantitative estimate of drug-likeness (QED) is 0.769. The third-order valence-electron chi connectivity index (χ3n) is 2.48. The van der Waals surface area contributed by atoms with E-state index in [0.717, 1.165) is 5.56 Å². The maximum atomic E-state index is 13.7. The number of benzene rings is 2. The van der Waals surface area contributed by atoms with Gasteiger partial charge in [-0.3, -0.25) is 4.79 Å². The van der Waals surface area contributed by atoms with Crippen molar-refractivity contribution < 1.29 is 13.9 Å². The molecule has 18 heavy (non-hydrogen) atoms. The van der Waals surface area contributed by atoms with E-state index in [1.807, 2.05) is 6.92 Å². The van der Waals surface area contributed by atoms with E-state index in [2.05, 4.69) is 0 Å². The number of aldehydes is 1. The molecule has 0 amide bonds. The molecule has 92 valence electrons. The average Bonchev–Trinajstić information content (AvgIpc) is 2.37. The smallest absolute Gasteiger partial charge is 0.184 e. The Morgan fingerprint density at radius 3 is 2.72 bits per heavy atom. The molecule has 4 heteroatoms. The normalized spacial score (nSPS) is 10.2. The second kappa shape index (κ2) is 5.19. The molecule has 2 aromatic carbocycles. The molecule has 0 bridgehead atoms. The van der Waals surface area contributed by atoms with Crippen LogP contribution in [0.2, 0.25) is 5.02 Å². The van der Waals surface area contributed by atoms with Gasteiger partial charge in [-0.15, -0.1) is 0 Å². The molecule has 0 aliphatic rings. The van der Waals surface area contributed by atoms with E-state index < -0.39 is 5.82 Å². The van der Waals surface area contributed by atoms with Gasteiger partial charge in [-0.25, -0.2) is 4.39 Å². The minimum atomic E-state index is -0.616. The van der Waals surface area contributed by atoms with Gasteiger partial charge in [-0.1, -0.05) is 29.8 Å². The number of aryl methyl sites for hydroxylation is 1. The van der Waals surface area contributed by atoms with Crippen molar-refractivity contribution in [1.82, 2.24) is 0 Å². The summed E-state index contributed by atoms with van der Waals surface area (Å²) in [6.07, 6.45) is 0.709. The lowest BCUT2D eigenvalue weighted by Gasteiger charge is -2.10. The standard InChI is InChI=1S/C14H10ClFO2/c1-9-5-6-10(8-17)7-13(9)18-12-4-2-3-11(15)14(12)16/h2-8H,1H3. The van der Waals surface area contributed by atoms with Crippen LogP contribution in [0.5, 0.6) is 11.5 Å². The highest BCUT2D eigenvalue weighted by Gasteiger charge is 2.10. The van der Waals surface area contributed by atoms with E-state index in [-0.39, 0.29) is 10.8 Å². The first-order valence-corrected chi connectivity index (χ1v) is 5.67. The van der Waals surface area contributed by atoms with Gasteiger partial charge < -0.3 is 4.74 Å². The summed E-state index contributed by atoms with van der Waals surface area (Å²) in [4.78, 5) is 10.7. The number of carbonyl (C=O) groups is 1. The molecule has 0 saturated heterocycles. The van der Waals surface area contributed by atoms with E-state index in [1.165, 1.54) is 12.1 Å². The number of halogens is 2. The van der Waals surface area contributed by atoms with Gasteiger partial charge in [0.1, 0.15) is 12.0 Å². The Kier molecular flexibility index (Phi) is 3.63. The predicted octanol–water partition coefficient (Wildman–Crippen LogP) is 4.39. The molecule has 0 aliphatic heterocycles. The van der Waals surface area contributed by atoms with Gasteiger partial charge >= 0.3 is 0 Å². The molecule has 0 radical (unpaired) electrons. The van der Waals surface area contributed by atoms with Gasteiger partial charge in [-0.2, -0.15) is 0 Å². The van der Waals surface area contributed by atoms with Crippen LogP contribution in [0.25, 0.3) is 0 Å². The Labute approximate surface area is 109 Å². The van der Waals surface area contributed by atoms with Gasteiger partial charge in [0.2, 0.25) is 0 Å². The molecular formula is C14H10ClFO2. The van der Waals surface area contributed by atoms with Crippen molar-refractivity contribution in [3.8, 4) is 11.5 Å². The van der Waals surface area contributed by atoms with Crippen LogP contribution in [0, 0.1) is 12.7 Å². The van der Waals surface area contributed by atoms with Crippen LogP contribution in [0.4, 0.5) is 4.39 Å². The van der Waals surface area contributed by atoms with E-state index in [1.54, 1.807) is 24.3 Å². The molecule has 0 unspecified atom stereocenters. The van der Waals surface area contributed by atoms with Crippen LogP contribution >= 0.6 is 11.6 Å². The van der Waals surface area contributed by atoms with Gasteiger partial charge in [0, 0.05) is 5.56 Å². The highest BCUT2D eigenvalue weighted by Crippen LogP contribution is 2.30. The van der Waals surface area contributed by atoms with E-state index in [0.29, 0.717) is 17.6 Å². The molecule has 0 aromatic heterocycles. The van der Waals surface area contributed by atoms with Crippen molar-refractivity contribution in [3.05, 3.63) is 58.4 Å². The summed E-state index contributed by atoms with van der Waals surface area (Å²) in [5, 5.41) is -0.00306. The largest absolute Gasteiger partial charge is 0.454 e. The number of carbonyl (C=O) groups excluding carboxylic acids is 1. The summed E-state index contributed by atoms with van der Waals surface area (Å²) in [6, 6.07) is 9.49. The molecule has 0 heterocycles. The Morgan fingerprint density at radius 1 is 1.22 bits per heavy atom. The monoisotopic (exact) mass is 264 g/mol. The summed E-state index contributed by atoms with van der Waals surface area (Å²) in [6.45, 7) is 1.81. The van der Waals surface area contributed by atoms with Crippen LogP contribution < -0.4 is 4.74 Å². The molecule has 0 aliphatic carbocycles. The molecule has 2 rings (SSSR count). The average molecular weight is 265 g/mol. The van der Waals surface area contributed by atoms with Crippen LogP contribution in [-0.4, -0.2) is 6.29 Å². The third-order valence-corrected chi connectivity index (χ3v) is 2.78. The zero-order valence-electron chi connectivity index (χ0n) is 9.61. The molecule has 2 nitrogen and oxygen atoms in total. The lowest BCUT2D eigenvalue weighted by molar-refractivity contribution is 0.112. The first-order valence-electron chi connectivity index (χ1n) is 5.29. The first-order chi connectivity index (χ1) is 8.61. The molecule has 0 fully saturated rings. The first kappa shape index (κ1) is 12.6. The molecule has 0 spiro atoms. The van der Waals surface area contributed by atoms with Gasteiger partial charge in [0.15, 0.2) is 11.6 Å². The fraction of sp³-hybridized carbons (Fsp3) is 0.0714. The number of hydrogen-bond donors (Lipinski definition) is 0. The van der Waals surface area contributed by atoms with Crippen LogP contribution in [0.1, 0.15) is 15.9 Å². The van der Waals surface area contributed by atoms with Gasteiger partial charge in [0.05, 0.1) is 5.02 Å². The lowest BCUT2D eigenvalue weighted by atomic mass is 10.1. The lowest BCUT2D eigenvalue weighted by Crippen LogP contribution is -1.92. The second-order valence-corrected chi connectivity index (χ2v) is 4.20. The van der Waals surface area contributed by atoms with Crippen LogP contribution in [0.3, 0.4) is 0 Å². The van der Waals surface area contributed by atoms with E-state index >= 15 is 0 Å². The highest BCUT2D eigenvalue weighted by atomic mass is 35.5. The zero-order chi connectivity index (χ0) is 13.1. The van der Waals surface area contributed by atoms with Crippen LogP contribution in [0.15, 0.2) is 36.4 Å². The topological polar surface area (TPSA) is 26.3 Å². The zero-order valence-corrected chi connectivity index (χ0v) is 10.4. The fourth-order valence-corrected chi connectivity index (χ4v) is 1.65. The third kappa shape index (κ3) is 2.51. The Morgan fingerprint density at radius 2 is 2.00 bits per heavy atom. The molecule has 0 atom stereocenters. The van der Waals surface area contributed by atoms with Gasteiger partial charge in [0.25, 0.3) is 0 Å². The highest BCUT2D eigenvalue weighted by molar-refractivity contribution is 6.30. The Balaban J connectivity index is 2.39. The predicted molar refractivity (Wildman–Crippen MR) is 68.1 cm³/mol. The van der Waals surface area contributed by atoms with Crippen molar-refractivity contribution in [2.24, 2.45) is 0 Å². The summed E-state index contributed by atoms with van der Waals surface area (Å²) in [7, 11) is 0. The number of hydrogen-bond acceptors (Lipinski definition) is 2. The van der Waals surface area contributed by atoms with Crippen molar-refractivity contribution >= 4 is 17.9 Å². The molecule has 0 N–H and O–H groups in total. The Hall–Kier alpha value is -1.87. The van der Waals surface area contributed by atoms with Crippen molar-refractivity contribution in [2.75, 3.05) is 0 Å². The Bertz CT molecular complexity index is 596. The van der Waals surface area contributed by atoms with Crippen molar-refractivity contribution in [2.45, 2.75) is 6.92 Å². The van der Waals surface area contributed by atoms with Crippen LogP contribution in [-0.2, 0) is 0 Å². The maximum Gasteiger partial charge on any atom is 0.184 e. The minimum Gasteiger partial charge on any atom is -0.454 e. The second-order valence-electron chi connectivity index (χ2n) is 3.80. The minimum absolute atomic E-state index is 0.00306. The number of rotatable bonds is 3. The molecule has 0 saturated carbocycles. The van der Waals surface area contributed by atoms with Crippen molar-refractivity contribution in [3.63, 3.8) is 0 Å². The maximum absolute atomic E-state index is 13.7. The SMILES string of the molecule is Cc1ccc(C=O)cc1Oc1cccc(Cl)c1F. The summed E-state index contributed by atoms with van der Waals surface area (Å²) < 4.78 is 19.1. The fourth-order valence-electron chi connectivity index (χ4n) is 1.48. The summed E-state index contributed by atoms with van der Waals surface area (Å²) in [5.74, 6) is -0.149. The summed E-state index contributed by atoms with van der Waals surface area (Å²) >= 11 is 5.67.